The van der Waals surface area contributed by atoms with Crippen molar-refractivity contribution in [3.8, 4) is 0 Å². The molecule has 84 valence electrons. The van der Waals surface area contributed by atoms with Gasteiger partial charge < -0.3 is 18.8 Å². The Hall–Kier alpha value is 0.640. The van der Waals surface area contributed by atoms with E-state index in [9.17, 15) is 19.6 Å². The second-order valence-corrected chi connectivity index (χ2v) is 4.47. The van der Waals surface area contributed by atoms with Gasteiger partial charge in [0.2, 0.25) is 0 Å². The van der Waals surface area contributed by atoms with Gasteiger partial charge >= 0.3 is 29.6 Å². The third-order valence-electron chi connectivity index (χ3n) is 1.16. The minimum absolute atomic E-state index is 0. The van der Waals surface area contributed by atoms with E-state index >= 15 is 0 Å². The Morgan fingerprint density at radius 3 is 2.47 bits per heavy atom. The van der Waals surface area contributed by atoms with Crippen LogP contribution in [0.25, 0.3) is 0 Å². The third kappa shape index (κ3) is 9.56. The summed E-state index contributed by atoms with van der Waals surface area (Å²) in [5, 5.41) is 8.82. The van der Waals surface area contributed by atoms with Crippen molar-refractivity contribution in [1.29, 1.82) is 0 Å². The molecular weight excluding hydrogens is 259 g/mol. The van der Waals surface area contributed by atoms with Crippen LogP contribution in [-0.4, -0.2) is 29.8 Å². The smallest absolute Gasteiger partial charge is 0.778 e. The average Bonchev–Trinajstić information content (AvgIpc) is 2.01. The van der Waals surface area contributed by atoms with Crippen LogP contribution in [0.1, 0.15) is 6.92 Å². The predicted molar refractivity (Wildman–Crippen MR) is 46.7 cm³/mol. The van der Waals surface area contributed by atoms with Crippen LogP contribution in [0.15, 0.2) is 0 Å². The maximum atomic E-state index is 11.0. The van der Waals surface area contributed by atoms with Crippen LogP contribution >= 0.6 is 19.2 Å². The van der Waals surface area contributed by atoms with E-state index in [1.54, 1.807) is 0 Å². The van der Waals surface area contributed by atoms with Gasteiger partial charge in [-0.25, -0.2) is 0 Å². The van der Waals surface area contributed by atoms with Crippen molar-refractivity contribution in [2.24, 2.45) is 0 Å². The predicted octanol–water partition coefficient (Wildman–Crippen LogP) is -2.60. The molecule has 0 saturated carbocycles. The fourth-order valence-electron chi connectivity index (χ4n) is 0.731. The van der Waals surface area contributed by atoms with Crippen LogP contribution in [0.2, 0.25) is 0 Å². The van der Waals surface area contributed by atoms with Gasteiger partial charge in [-0.2, -0.15) is 0 Å². The molecule has 0 aromatic rings. The summed E-state index contributed by atoms with van der Waals surface area (Å²) in [6.07, 6.45) is -1.80. The maximum Gasteiger partial charge on any atom is 1.00 e. The van der Waals surface area contributed by atoms with Crippen molar-refractivity contribution in [3.63, 3.8) is 0 Å². The molecule has 0 heterocycles. The van der Waals surface area contributed by atoms with Gasteiger partial charge in [0.25, 0.3) is 5.09 Å². The zero-order valence-corrected chi connectivity index (χ0v) is 12.1. The second-order valence-electron chi connectivity index (χ2n) is 2.32. The third-order valence-corrected chi connectivity index (χ3v) is 3.01. The van der Waals surface area contributed by atoms with Crippen LogP contribution in [0, 0.1) is 10.1 Å². The van der Waals surface area contributed by atoms with Gasteiger partial charge in [-0.15, -0.1) is 21.7 Å². The van der Waals surface area contributed by atoms with Crippen molar-refractivity contribution in [1.82, 2.24) is 0 Å². The van der Waals surface area contributed by atoms with Gasteiger partial charge in [0.15, 0.2) is 0 Å². The fourth-order valence-corrected chi connectivity index (χ4v) is 2.24. The van der Waals surface area contributed by atoms with Gasteiger partial charge in [-0.1, -0.05) is 0 Å². The average molecular weight is 270 g/mol. The minimum Gasteiger partial charge on any atom is -0.778 e. The van der Waals surface area contributed by atoms with E-state index in [4.69, 9.17) is 11.6 Å². The SMILES string of the molecule is CCOP(=O)([O-])CC(CCl)O[N+](=O)[O-].[Na+]. The number of hydrogen-bond acceptors (Lipinski definition) is 6. The van der Waals surface area contributed by atoms with Crippen LogP contribution < -0.4 is 34.5 Å². The molecule has 0 aliphatic carbocycles. The van der Waals surface area contributed by atoms with Crippen molar-refractivity contribution >= 4 is 19.2 Å². The molecule has 0 spiro atoms. The fraction of sp³-hybridized carbons (Fsp3) is 1.00. The molecule has 0 bridgehead atoms. The Bertz CT molecular complexity index is 242. The molecule has 0 aliphatic rings. The molecule has 0 N–H and O–H groups in total. The van der Waals surface area contributed by atoms with Crippen molar-refractivity contribution < 1.29 is 53.5 Å². The van der Waals surface area contributed by atoms with E-state index < -0.39 is 24.9 Å². The molecule has 0 aromatic carbocycles. The van der Waals surface area contributed by atoms with E-state index in [1.165, 1.54) is 6.92 Å². The van der Waals surface area contributed by atoms with Gasteiger partial charge in [0, 0.05) is 12.0 Å². The first kappa shape index (κ1) is 18.0. The quantitative estimate of drug-likeness (QED) is 0.165. The molecule has 7 nitrogen and oxygen atoms in total. The first-order valence-corrected chi connectivity index (χ1v) is 5.99. The summed E-state index contributed by atoms with van der Waals surface area (Å²) in [5.41, 5.74) is 0. The first-order chi connectivity index (χ1) is 6.41. The Morgan fingerprint density at radius 1 is 1.60 bits per heavy atom. The van der Waals surface area contributed by atoms with Crippen LogP contribution in [0.4, 0.5) is 0 Å². The number of rotatable bonds is 7. The summed E-state index contributed by atoms with van der Waals surface area (Å²) in [4.78, 5) is 24.9. The van der Waals surface area contributed by atoms with E-state index in [0.717, 1.165) is 0 Å². The largest absolute Gasteiger partial charge is 1.00 e. The first-order valence-electron chi connectivity index (χ1n) is 3.73. The molecule has 0 saturated heterocycles. The summed E-state index contributed by atoms with van der Waals surface area (Å²) in [7, 11) is -4.09. The van der Waals surface area contributed by atoms with Gasteiger partial charge in [0.05, 0.1) is 6.61 Å². The van der Waals surface area contributed by atoms with Gasteiger partial charge in [-0.3, -0.25) is 0 Å². The molecule has 0 aromatic heterocycles. The van der Waals surface area contributed by atoms with E-state index in [2.05, 4.69) is 9.36 Å². The summed E-state index contributed by atoms with van der Waals surface area (Å²) < 4.78 is 15.4. The molecular formula is C5H10ClNNaO6P. The van der Waals surface area contributed by atoms with Crippen LogP contribution in [-0.2, 0) is 13.9 Å². The monoisotopic (exact) mass is 269 g/mol. The Balaban J connectivity index is 0. The summed E-state index contributed by atoms with van der Waals surface area (Å²) in [6.45, 7) is 1.48. The summed E-state index contributed by atoms with van der Waals surface area (Å²) >= 11 is 5.27. The van der Waals surface area contributed by atoms with Gasteiger partial charge in [-0.05, 0) is 6.92 Å². The minimum atomic E-state index is -4.09. The Morgan fingerprint density at radius 2 is 2.13 bits per heavy atom. The maximum absolute atomic E-state index is 11.0. The van der Waals surface area contributed by atoms with Crippen molar-refractivity contribution in [2.75, 3.05) is 18.6 Å². The molecule has 2 unspecified atom stereocenters. The molecule has 0 rings (SSSR count). The number of nitrogens with zero attached hydrogens (tertiary/aromatic N) is 1. The topological polar surface area (TPSA) is 102 Å². The van der Waals surface area contributed by atoms with Gasteiger partial charge in [0.1, 0.15) is 13.7 Å². The molecule has 0 radical (unpaired) electrons. The second kappa shape index (κ2) is 8.75. The zero-order chi connectivity index (χ0) is 11.2. The number of hydrogen-bond donors (Lipinski definition) is 0. The van der Waals surface area contributed by atoms with Crippen LogP contribution in [0.3, 0.4) is 0 Å². The van der Waals surface area contributed by atoms with Crippen molar-refractivity contribution in [2.45, 2.75) is 13.0 Å². The summed E-state index contributed by atoms with van der Waals surface area (Å²) in [6, 6.07) is 0. The zero-order valence-electron chi connectivity index (χ0n) is 8.42. The van der Waals surface area contributed by atoms with Crippen LogP contribution in [0.5, 0.6) is 0 Å². The summed E-state index contributed by atoms with van der Waals surface area (Å²) in [5.74, 6) is -0.291. The molecule has 0 fully saturated rings. The van der Waals surface area contributed by atoms with E-state index in [1.807, 2.05) is 0 Å². The Labute approximate surface area is 114 Å². The number of alkyl halides is 1. The molecule has 15 heavy (non-hydrogen) atoms. The molecule has 0 aliphatic heterocycles. The van der Waals surface area contributed by atoms with E-state index in [-0.39, 0.29) is 42.0 Å². The Kier molecular flexibility index (Phi) is 10.5. The number of halogens is 1. The standard InChI is InChI=1S/C5H11ClNO6P.Na/c1-2-12-14(10,11)4-5(3-6)13-7(8)9;/h5H,2-4H2,1H3,(H,10,11);/q;+1/p-1. The van der Waals surface area contributed by atoms with E-state index in [0.29, 0.717) is 0 Å². The van der Waals surface area contributed by atoms with Crippen molar-refractivity contribution in [3.05, 3.63) is 10.1 Å². The molecule has 0 amide bonds. The normalized spacial score (nSPS) is 15.9. The molecule has 10 heteroatoms. The molecule has 2 atom stereocenters.